The molecular weight excluding hydrogens is 356 g/mol. The number of nitrogens with one attached hydrogen (secondary N) is 2. The molecule has 7 nitrogen and oxygen atoms in total. The Morgan fingerprint density at radius 3 is 2.82 bits per heavy atom. The number of hydrogen-bond acceptors (Lipinski definition) is 5. The van der Waals surface area contributed by atoms with Crippen molar-refractivity contribution < 1.29 is 14.6 Å². The molecule has 2 rings (SSSR count). The Morgan fingerprint density at radius 1 is 1.32 bits per heavy atom. The smallest absolute Gasteiger partial charge is 0.191 e. The van der Waals surface area contributed by atoms with E-state index in [1.165, 1.54) is 0 Å². The molecule has 0 aromatic heterocycles. The lowest BCUT2D eigenvalue weighted by Gasteiger charge is -2.22. The van der Waals surface area contributed by atoms with Gasteiger partial charge in [-0.25, -0.2) is 0 Å². The van der Waals surface area contributed by atoms with Crippen LogP contribution in [-0.2, 0) is 4.74 Å². The summed E-state index contributed by atoms with van der Waals surface area (Å²) >= 11 is 0. The molecule has 1 saturated heterocycles. The van der Waals surface area contributed by atoms with Gasteiger partial charge < -0.3 is 30.1 Å². The van der Waals surface area contributed by atoms with Crippen LogP contribution < -0.4 is 20.3 Å². The largest absolute Gasteiger partial charge is 0.495 e. The van der Waals surface area contributed by atoms with Crippen molar-refractivity contribution in [1.82, 2.24) is 10.6 Å². The highest BCUT2D eigenvalue weighted by Gasteiger charge is 2.25. The first-order chi connectivity index (χ1) is 13.5. The van der Waals surface area contributed by atoms with Gasteiger partial charge in [-0.2, -0.15) is 0 Å². The van der Waals surface area contributed by atoms with Gasteiger partial charge in [0.2, 0.25) is 0 Å². The summed E-state index contributed by atoms with van der Waals surface area (Å²) in [5.41, 5.74) is 1.12. The van der Waals surface area contributed by atoms with Gasteiger partial charge in [-0.3, -0.25) is 4.99 Å². The average molecular weight is 393 g/mol. The monoisotopic (exact) mass is 392 g/mol. The van der Waals surface area contributed by atoms with Gasteiger partial charge in [-0.1, -0.05) is 26.0 Å². The molecule has 0 aliphatic carbocycles. The van der Waals surface area contributed by atoms with E-state index in [0.29, 0.717) is 25.7 Å². The van der Waals surface area contributed by atoms with E-state index in [-0.39, 0.29) is 6.04 Å². The van der Waals surface area contributed by atoms with E-state index in [9.17, 15) is 5.11 Å². The van der Waals surface area contributed by atoms with Gasteiger partial charge in [-0.05, 0) is 31.4 Å². The molecule has 1 heterocycles. The summed E-state index contributed by atoms with van der Waals surface area (Å²) in [5, 5.41) is 16.8. The number of rotatable bonds is 10. The standard InChI is InChI=1S/C21H36N4O3/c1-5-22-21(23-12-18(26)15-28-14-16(2)3)24-17-10-11-25(13-17)19-8-6-7-9-20(19)27-4/h6-9,16-18,26H,5,10-15H2,1-4H3,(H2,22,23,24). The highest BCUT2D eigenvalue weighted by atomic mass is 16.5. The van der Waals surface area contributed by atoms with Crippen LogP contribution in [0.5, 0.6) is 5.75 Å². The van der Waals surface area contributed by atoms with Gasteiger partial charge in [0.15, 0.2) is 5.96 Å². The van der Waals surface area contributed by atoms with Gasteiger partial charge >= 0.3 is 0 Å². The van der Waals surface area contributed by atoms with Crippen LogP contribution in [0.2, 0.25) is 0 Å². The van der Waals surface area contributed by atoms with Gasteiger partial charge in [0.1, 0.15) is 5.75 Å². The lowest BCUT2D eigenvalue weighted by Crippen LogP contribution is -2.45. The van der Waals surface area contributed by atoms with Crippen LogP contribution in [0.15, 0.2) is 29.3 Å². The summed E-state index contributed by atoms with van der Waals surface area (Å²) < 4.78 is 11.0. The Hall–Kier alpha value is -1.99. The van der Waals surface area contributed by atoms with Crippen molar-refractivity contribution in [1.29, 1.82) is 0 Å². The van der Waals surface area contributed by atoms with Crippen LogP contribution in [0.1, 0.15) is 27.2 Å². The Balaban J connectivity index is 1.86. The summed E-state index contributed by atoms with van der Waals surface area (Å²) in [6.07, 6.45) is 0.422. The number of ether oxygens (including phenoxy) is 2. The minimum atomic E-state index is -0.595. The van der Waals surface area contributed by atoms with Crippen molar-refractivity contribution >= 4 is 11.6 Å². The van der Waals surface area contributed by atoms with Gasteiger partial charge in [0.05, 0.1) is 32.1 Å². The topological polar surface area (TPSA) is 78.4 Å². The van der Waals surface area contributed by atoms with E-state index in [4.69, 9.17) is 9.47 Å². The Labute approximate surface area is 169 Å². The second kappa shape index (κ2) is 11.8. The van der Waals surface area contributed by atoms with E-state index in [2.05, 4.69) is 40.4 Å². The van der Waals surface area contributed by atoms with Gasteiger partial charge in [-0.15, -0.1) is 0 Å². The van der Waals surface area contributed by atoms with Crippen LogP contribution >= 0.6 is 0 Å². The molecule has 0 saturated carbocycles. The normalized spacial score (nSPS) is 18.4. The third kappa shape index (κ3) is 7.20. The third-order valence-corrected chi connectivity index (χ3v) is 4.52. The Morgan fingerprint density at radius 2 is 2.11 bits per heavy atom. The predicted octanol–water partition coefficient (Wildman–Crippen LogP) is 1.86. The fourth-order valence-corrected chi connectivity index (χ4v) is 3.19. The molecule has 2 unspecified atom stereocenters. The lowest BCUT2D eigenvalue weighted by atomic mass is 10.2. The summed E-state index contributed by atoms with van der Waals surface area (Å²) in [7, 11) is 1.71. The van der Waals surface area contributed by atoms with E-state index >= 15 is 0 Å². The number of benzene rings is 1. The van der Waals surface area contributed by atoms with Gasteiger partial charge in [0.25, 0.3) is 0 Å². The molecule has 7 heteroatoms. The Bertz CT molecular complexity index is 609. The number of aliphatic hydroxyl groups is 1. The molecule has 0 amide bonds. The molecule has 0 radical (unpaired) electrons. The molecule has 0 bridgehead atoms. The first-order valence-corrected chi connectivity index (χ1v) is 10.2. The predicted molar refractivity (Wildman–Crippen MR) is 114 cm³/mol. The fourth-order valence-electron chi connectivity index (χ4n) is 3.19. The summed E-state index contributed by atoms with van der Waals surface area (Å²) in [4.78, 5) is 6.86. The zero-order valence-corrected chi connectivity index (χ0v) is 17.6. The molecule has 0 spiro atoms. The third-order valence-electron chi connectivity index (χ3n) is 4.52. The number of guanidine groups is 1. The van der Waals surface area contributed by atoms with Crippen molar-refractivity contribution in [2.75, 3.05) is 51.4 Å². The quantitative estimate of drug-likeness (QED) is 0.417. The minimum Gasteiger partial charge on any atom is -0.495 e. The highest BCUT2D eigenvalue weighted by molar-refractivity contribution is 5.80. The number of aliphatic imine (C=N–C) groups is 1. The van der Waals surface area contributed by atoms with Crippen LogP contribution in [-0.4, -0.2) is 69.7 Å². The molecule has 1 aliphatic rings. The maximum Gasteiger partial charge on any atom is 0.191 e. The molecule has 1 aromatic rings. The molecule has 2 atom stereocenters. The molecular formula is C21H36N4O3. The lowest BCUT2D eigenvalue weighted by molar-refractivity contribution is 0.0301. The van der Waals surface area contributed by atoms with Crippen molar-refractivity contribution in [3.8, 4) is 5.75 Å². The van der Waals surface area contributed by atoms with E-state index in [1.54, 1.807) is 7.11 Å². The van der Waals surface area contributed by atoms with E-state index in [0.717, 1.165) is 43.5 Å². The number of methoxy groups -OCH3 is 1. The summed E-state index contributed by atoms with van der Waals surface area (Å²) in [6, 6.07) is 8.39. The zero-order valence-electron chi connectivity index (χ0n) is 17.6. The Kier molecular flexibility index (Phi) is 9.37. The molecule has 1 fully saturated rings. The van der Waals surface area contributed by atoms with Crippen LogP contribution in [0.4, 0.5) is 5.69 Å². The maximum absolute atomic E-state index is 10.1. The molecule has 1 aliphatic heterocycles. The van der Waals surface area contributed by atoms with Crippen molar-refractivity contribution in [3.63, 3.8) is 0 Å². The fraction of sp³-hybridized carbons (Fsp3) is 0.667. The second-order valence-corrected chi connectivity index (χ2v) is 7.55. The van der Waals surface area contributed by atoms with E-state index in [1.807, 2.05) is 25.1 Å². The van der Waals surface area contributed by atoms with Crippen LogP contribution in [0.3, 0.4) is 0 Å². The van der Waals surface area contributed by atoms with Crippen LogP contribution in [0.25, 0.3) is 0 Å². The number of para-hydroxylation sites is 2. The second-order valence-electron chi connectivity index (χ2n) is 7.55. The minimum absolute atomic E-state index is 0.289. The van der Waals surface area contributed by atoms with E-state index < -0.39 is 6.10 Å². The first-order valence-electron chi connectivity index (χ1n) is 10.2. The molecule has 28 heavy (non-hydrogen) atoms. The summed E-state index contributed by atoms with van der Waals surface area (Å²) in [5.74, 6) is 2.09. The number of anilines is 1. The van der Waals surface area contributed by atoms with Crippen LogP contribution in [0, 0.1) is 5.92 Å². The first kappa shape index (κ1) is 22.3. The zero-order chi connectivity index (χ0) is 20.4. The average Bonchev–Trinajstić information content (AvgIpc) is 3.14. The SMILES string of the molecule is CCNC(=NCC(O)COCC(C)C)NC1CCN(c2ccccc2OC)C1. The molecule has 158 valence electrons. The summed E-state index contributed by atoms with van der Waals surface area (Å²) in [6.45, 7) is 10.1. The number of nitrogens with zero attached hydrogens (tertiary/aromatic N) is 2. The molecule has 3 N–H and O–H groups in total. The highest BCUT2D eigenvalue weighted by Crippen LogP contribution is 2.30. The maximum atomic E-state index is 10.1. The molecule has 1 aromatic carbocycles. The van der Waals surface area contributed by atoms with Crippen molar-refractivity contribution in [2.45, 2.75) is 39.3 Å². The number of hydrogen-bond donors (Lipinski definition) is 3. The number of aliphatic hydroxyl groups excluding tert-OH is 1. The van der Waals surface area contributed by atoms with Gasteiger partial charge in [0, 0.05) is 32.3 Å². The van der Waals surface area contributed by atoms with Crippen molar-refractivity contribution in [3.05, 3.63) is 24.3 Å². The van der Waals surface area contributed by atoms with Crippen molar-refractivity contribution in [2.24, 2.45) is 10.9 Å².